The Balaban J connectivity index is 0.000000235. The van der Waals surface area contributed by atoms with Crippen molar-refractivity contribution < 1.29 is 19.8 Å². The van der Waals surface area contributed by atoms with Gasteiger partial charge < -0.3 is 21.7 Å². The van der Waals surface area contributed by atoms with Crippen molar-refractivity contribution in [3.05, 3.63) is 58.7 Å². The molecular weight excluding hydrogens is 284 g/mol. The summed E-state index contributed by atoms with van der Waals surface area (Å²) in [5.74, 6) is -2.43. The Morgan fingerprint density at radius 2 is 1.36 bits per heavy atom. The van der Waals surface area contributed by atoms with Crippen molar-refractivity contribution in [1.29, 1.82) is 0 Å². The largest absolute Gasteiger partial charge is 0.478 e. The number of nitrogens with two attached hydrogens (primary N) is 2. The highest BCUT2D eigenvalue weighted by Crippen LogP contribution is 2.16. The Hall–Kier alpha value is -3.02. The van der Waals surface area contributed by atoms with Crippen LogP contribution in [-0.2, 0) is 0 Å². The smallest absolute Gasteiger partial charge is 0.336 e. The van der Waals surface area contributed by atoms with Gasteiger partial charge in [-0.1, -0.05) is 18.2 Å². The lowest BCUT2D eigenvalue weighted by Crippen LogP contribution is -2.09. The zero-order valence-corrected chi connectivity index (χ0v) is 12.3. The lowest BCUT2D eigenvalue weighted by atomic mass is 10.0. The van der Waals surface area contributed by atoms with Gasteiger partial charge in [0.25, 0.3) is 0 Å². The Labute approximate surface area is 128 Å². The van der Waals surface area contributed by atoms with Crippen LogP contribution in [0.3, 0.4) is 0 Å². The van der Waals surface area contributed by atoms with Crippen LogP contribution in [0.1, 0.15) is 31.8 Å². The van der Waals surface area contributed by atoms with Gasteiger partial charge in [0, 0.05) is 11.4 Å². The molecule has 22 heavy (non-hydrogen) atoms. The predicted molar refractivity (Wildman–Crippen MR) is 85.1 cm³/mol. The summed E-state index contributed by atoms with van der Waals surface area (Å²) in [4.78, 5) is 21.3. The van der Waals surface area contributed by atoms with Crippen LogP contribution in [0.15, 0.2) is 36.4 Å². The fraction of sp³-hybridized carbons (Fsp3) is 0.125. The number of aryl methyl sites for hydroxylation is 1. The molecule has 0 fully saturated rings. The number of carbonyl (C=O) groups is 2. The minimum Gasteiger partial charge on any atom is -0.478 e. The van der Waals surface area contributed by atoms with Gasteiger partial charge >= 0.3 is 11.9 Å². The molecule has 0 aliphatic carbocycles. The quantitative estimate of drug-likeness (QED) is 0.631. The van der Waals surface area contributed by atoms with Crippen molar-refractivity contribution in [2.75, 3.05) is 11.5 Å². The van der Waals surface area contributed by atoms with Gasteiger partial charge in [0.15, 0.2) is 0 Å². The third kappa shape index (κ3) is 3.99. The molecule has 0 amide bonds. The first-order valence-corrected chi connectivity index (χ1v) is 6.42. The van der Waals surface area contributed by atoms with Gasteiger partial charge in [0.2, 0.25) is 0 Å². The Morgan fingerprint density at radius 3 is 1.73 bits per heavy atom. The summed E-state index contributed by atoms with van der Waals surface area (Å²) in [5.41, 5.74) is 13.7. The molecular formula is C16H18N2O4. The fourth-order valence-electron chi connectivity index (χ4n) is 1.80. The van der Waals surface area contributed by atoms with Crippen molar-refractivity contribution in [2.24, 2.45) is 0 Å². The summed E-state index contributed by atoms with van der Waals surface area (Å²) in [6.07, 6.45) is 0. The summed E-state index contributed by atoms with van der Waals surface area (Å²) in [7, 11) is 0. The molecule has 0 bridgehead atoms. The monoisotopic (exact) mass is 302 g/mol. The normalized spacial score (nSPS) is 9.55. The van der Waals surface area contributed by atoms with Crippen LogP contribution in [-0.4, -0.2) is 22.2 Å². The highest BCUT2D eigenvalue weighted by atomic mass is 16.4. The minimum absolute atomic E-state index is 0.144. The number of rotatable bonds is 2. The van der Waals surface area contributed by atoms with Gasteiger partial charge in [-0.05, 0) is 43.2 Å². The molecule has 0 aliphatic heterocycles. The average molecular weight is 302 g/mol. The maximum atomic E-state index is 10.7. The van der Waals surface area contributed by atoms with Crippen LogP contribution >= 0.6 is 0 Å². The molecule has 6 nitrogen and oxygen atoms in total. The maximum Gasteiger partial charge on any atom is 0.336 e. The van der Waals surface area contributed by atoms with Gasteiger partial charge in [0.1, 0.15) is 0 Å². The van der Waals surface area contributed by atoms with Crippen molar-refractivity contribution in [3.8, 4) is 0 Å². The molecule has 6 heteroatoms. The van der Waals surface area contributed by atoms with Crippen LogP contribution in [0, 0.1) is 13.8 Å². The molecule has 0 saturated carbocycles. The standard InChI is InChI=1S/C9H8O4.C7H10N2/c1-5-3-2-4-6(8(10)11)7(5)9(12)13;1-5-6(8)3-2-4-7(5)9/h2-4H,1H3,(H,10,11)(H,12,13);2-4H,8-9H2,1H3. The molecule has 2 aromatic rings. The van der Waals surface area contributed by atoms with Gasteiger partial charge in [-0.3, -0.25) is 0 Å². The Morgan fingerprint density at radius 1 is 0.864 bits per heavy atom. The van der Waals surface area contributed by atoms with E-state index in [0.29, 0.717) is 5.56 Å². The van der Waals surface area contributed by atoms with E-state index in [1.165, 1.54) is 12.1 Å². The van der Waals surface area contributed by atoms with E-state index in [1.807, 2.05) is 25.1 Å². The molecule has 2 rings (SSSR count). The molecule has 0 spiro atoms. The van der Waals surface area contributed by atoms with Gasteiger partial charge in [-0.15, -0.1) is 0 Å². The topological polar surface area (TPSA) is 127 Å². The summed E-state index contributed by atoms with van der Waals surface area (Å²) in [5, 5.41) is 17.4. The van der Waals surface area contributed by atoms with E-state index in [-0.39, 0.29) is 11.1 Å². The minimum atomic E-state index is -1.22. The zero-order chi connectivity index (χ0) is 16.9. The number of anilines is 2. The van der Waals surface area contributed by atoms with Crippen LogP contribution in [0.4, 0.5) is 11.4 Å². The van der Waals surface area contributed by atoms with E-state index in [9.17, 15) is 9.59 Å². The van der Waals surface area contributed by atoms with Crippen molar-refractivity contribution >= 4 is 23.3 Å². The average Bonchev–Trinajstić information content (AvgIpc) is 2.44. The molecule has 0 saturated heterocycles. The Kier molecular flexibility index (Phi) is 5.51. The zero-order valence-electron chi connectivity index (χ0n) is 12.3. The SMILES string of the molecule is Cc1c(N)cccc1N.Cc1cccc(C(=O)O)c1C(=O)O. The number of benzene rings is 2. The highest BCUT2D eigenvalue weighted by Gasteiger charge is 2.17. The molecule has 116 valence electrons. The van der Waals surface area contributed by atoms with E-state index in [4.69, 9.17) is 21.7 Å². The van der Waals surface area contributed by atoms with E-state index in [2.05, 4.69) is 0 Å². The molecule has 6 N–H and O–H groups in total. The number of carboxylic acids is 2. The van der Waals surface area contributed by atoms with E-state index in [0.717, 1.165) is 16.9 Å². The first kappa shape index (κ1) is 17.0. The fourth-order valence-corrected chi connectivity index (χ4v) is 1.80. The number of nitrogen functional groups attached to an aromatic ring is 2. The van der Waals surface area contributed by atoms with Crippen LogP contribution in [0.5, 0.6) is 0 Å². The number of hydrogen-bond acceptors (Lipinski definition) is 4. The summed E-state index contributed by atoms with van der Waals surface area (Å²) < 4.78 is 0. The van der Waals surface area contributed by atoms with Crippen LogP contribution in [0.25, 0.3) is 0 Å². The third-order valence-corrected chi connectivity index (χ3v) is 3.13. The first-order chi connectivity index (χ1) is 10.3. The number of hydrogen-bond donors (Lipinski definition) is 4. The first-order valence-electron chi connectivity index (χ1n) is 6.42. The lowest BCUT2D eigenvalue weighted by Gasteiger charge is -2.03. The van der Waals surface area contributed by atoms with Crippen molar-refractivity contribution in [1.82, 2.24) is 0 Å². The van der Waals surface area contributed by atoms with Gasteiger partial charge in [0.05, 0.1) is 11.1 Å². The van der Waals surface area contributed by atoms with Gasteiger partial charge in [-0.25, -0.2) is 9.59 Å². The van der Waals surface area contributed by atoms with Crippen LogP contribution in [0.2, 0.25) is 0 Å². The van der Waals surface area contributed by atoms with Crippen LogP contribution < -0.4 is 11.5 Å². The molecule has 0 heterocycles. The van der Waals surface area contributed by atoms with E-state index < -0.39 is 11.9 Å². The molecule has 2 aromatic carbocycles. The maximum absolute atomic E-state index is 10.7. The molecule has 0 radical (unpaired) electrons. The molecule has 0 aliphatic rings. The number of aromatic carboxylic acids is 2. The lowest BCUT2D eigenvalue weighted by molar-refractivity contribution is 0.0651. The third-order valence-electron chi connectivity index (χ3n) is 3.13. The molecule has 0 unspecified atom stereocenters. The number of carboxylic acid groups (broad SMARTS) is 2. The summed E-state index contributed by atoms with van der Waals surface area (Å²) in [6, 6.07) is 9.88. The Bertz CT molecular complexity index is 691. The van der Waals surface area contributed by atoms with Crippen molar-refractivity contribution in [3.63, 3.8) is 0 Å². The van der Waals surface area contributed by atoms with E-state index >= 15 is 0 Å². The molecule has 0 aromatic heterocycles. The second kappa shape index (κ2) is 7.12. The second-order valence-corrected chi connectivity index (χ2v) is 4.67. The molecule has 0 atom stereocenters. The second-order valence-electron chi connectivity index (χ2n) is 4.67. The van der Waals surface area contributed by atoms with Gasteiger partial charge in [-0.2, -0.15) is 0 Å². The summed E-state index contributed by atoms with van der Waals surface area (Å²) >= 11 is 0. The highest BCUT2D eigenvalue weighted by molar-refractivity contribution is 6.02. The summed E-state index contributed by atoms with van der Waals surface area (Å²) in [6.45, 7) is 3.47. The van der Waals surface area contributed by atoms with Crippen molar-refractivity contribution in [2.45, 2.75) is 13.8 Å². The van der Waals surface area contributed by atoms with E-state index in [1.54, 1.807) is 13.0 Å². The predicted octanol–water partition coefficient (Wildman–Crippen LogP) is 2.55.